The summed E-state index contributed by atoms with van der Waals surface area (Å²) >= 11 is 0. The highest BCUT2D eigenvalue weighted by atomic mass is 19.4. The third-order valence-corrected chi connectivity index (χ3v) is 2.07. The molecule has 0 aromatic heterocycles. The van der Waals surface area contributed by atoms with Gasteiger partial charge in [0.15, 0.2) is 0 Å². The molecule has 0 aliphatic rings. The molecular formula is C10H11BF4O3. The van der Waals surface area contributed by atoms with Gasteiger partial charge in [0, 0.05) is 12.5 Å². The maximum Gasteiger partial charge on any atom is 0.488 e. The van der Waals surface area contributed by atoms with E-state index in [1.54, 1.807) is 0 Å². The van der Waals surface area contributed by atoms with Crippen LogP contribution in [0.5, 0.6) is 5.75 Å². The molecule has 3 nitrogen and oxygen atoms in total. The van der Waals surface area contributed by atoms with E-state index in [9.17, 15) is 17.6 Å². The van der Waals surface area contributed by atoms with E-state index in [2.05, 4.69) is 0 Å². The minimum atomic E-state index is -4.25. The molecule has 0 saturated heterocycles. The number of hydrogen-bond acceptors (Lipinski definition) is 3. The van der Waals surface area contributed by atoms with Crippen molar-refractivity contribution in [3.8, 4) is 5.75 Å². The van der Waals surface area contributed by atoms with Gasteiger partial charge in [0.05, 0.1) is 6.61 Å². The van der Waals surface area contributed by atoms with E-state index < -0.39 is 25.5 Å². The Kier molecular flexibility index (Phi) is 4.98. The molecule has 1 aromatic rings. The van der Waals surface area contributed by atoms with Crippen LogP contribution in [0.15, 0.2) is 18.2 Å². The average molecular weight is 266 g/mol. The van der Waals surface area contributed by atoms with Gasteiger partial charge >= 0.3 is 13.3 Å². The minimum Gasteiger partial charge on any atom is -0.494 e. The van der Waals surface area contributed by atoms with Crippen LogP contribution in [0.2, 0.25) is 0 Å². The lowest BCUT2D eigenvalue weighted by Gasteiger charge is -2.09. The molecule has 0 fully saturated rings. The first-order valence-electron chi connectivity index (χ1n) is 5.14. The second-order valence-electron chi connectivity index (χ2n) is 3.66. The largest absolute Gasteiger partial charge is 0.494 e. The van der Waals surface area contributed by atoms with E-state index >= 15 is 0 Å². The third kappa shape index (κ3) is 5.37. The maximum absolute atomic E-state index is 13.0. The molecule has 2 N–H and O–H groups in total. The van der Waals surface area contributed by atoms with Gasteiger partial charge in [0.25, 0.3) is 0 Å². The van der Waals surface area contributed by atoms with Crippen LogP contribution >= 0.6 is 0 Å². The van der Waals surface area contributed by atoms with Gasteiger partial charge in [0.2, 0.25) is 0 Å². The maximum atomic E-state index is 13.0. The summed E-state index contributed by atoms with van der Waals surface area (Å²) in [6.07, 6.45) is -5.49. The minimum absolute atomic E-state index is 0.0414. The molecule has 0 aliphatic carbocycles. The normalized spacial score (nSPS) is 11.4. The zero-order valence-corrected chi connectivity index (χ0v) is 9.25. The van der Waals surface area contributed by atoms with Gasteiger partial charge in [0.1, 0.15) is 11.6 Å². The summed E-state index contributed by atoms with van der Waals surface area (Å²) in [4.78, 5) is 0. The van der Waals surface area contributed by atoms with Gasteiger partial charge in [-0.25, -0.2) is 4.39 Å². The summed E-state index contributed by atoms with van der Waals surface area (Å²) in [5, 5.41) is 17.7. The van der Waals surface area contributed by atoms with Crippen molar-refractivity contribution in [3.05, 3.63) is 24.0 Å². The molecule has 100 valence electrons. The molecule has 0 heterocycles. The van der Waals surface area contributed by atoms with Crippen LogP contribution in [-0.4, -0.2) is 29.9 Å². The van der Waals surface area contributed by atoms with Crippen molar-refractivity contribution < 1.29 is 32.3 Å². The Labute approximate surface area is 101 Å². The zero-order chi connectivity index (χ0) is 13.8. The molecule has 0 spiro atoms. The van der Waals surface area contributed by atoms with Crippen LogP contribution in [0.3, 0.4) is 0 Å². The van der Waals surface area contributed by atoms with Crippen LogP contribution in [0, 0.1) is 5.82 Å². The summed E-state index contributed by atoms with van der Waals surface area (Å²) in [6.45, 7) is -0.232. The summed E-state index contributed by atoms with van der Waals surface area (Å²) in [7, 11) is -1.86. The van der Waals surface area contributed by atoms with Crippen molar-refractivity contribution >= 4 is 12.6 Å². The SMILES string of the molecule is OB(O)c1cc(F)cc(OCCCC(F)(F)F)c1. The Bertz CT molecular complexity index is 395. The van der Waals surface area contributed by atoms with E-state index in [0.717, 1.165) is 18.2 Å². The number of hydrogen-bond donors (Lipinski definition) is 2. The number of halogens is 4. The fourth-order valence-electron chi connectivity index (χ4n) is 1.28. The second-order valence-corrected chi connectivity index (χ2v) is 3.66. The molecule has 0 aliphatic heterocycles. The first kappa shape index (κ1) is 14.8. The third-order valence-electron chi connectivity index (χ3n) is 2.07. The predicted molar refractivity (Wildman–Crippen MR) is 57.0 cm³/mol. The van der Waals surface area contributed by atoms with Crippen LogP contribution in [0.1, 0.15) is 12.8 Å². The molecule has 1 rings (SSSR count). The van der Waals surface area contributed by atoms with Gasteiger partial charge in [-0.1, -0.05) is 0 Å². The van der Waals surface area contributed by atoms with Crippen molar-refractivity contribution in [2.75, 3.05) is 6.61 Å². The molecule has 0 bridgehead atoms. The van der Waals surface area contributed by atoms with Crippen molar-refractivity contribution in [2.24, 2.45) is 0 Å². The zero-order valence-electron chi connectivity index (χ0n) is 9.25. The van der Waals surface area contributed by atoms with Gasteiger partial charge in [-0.15, -0.1) is 0 Å². The summed E-state index contributed by atoms with van der Waals surface area (Å²) < 4.78 is 53.4. The topological polar surface area (TPSA) is 49.7 Å². The molecule has 0 amide bonds. The molecular weight excluding hydrogens is 255 g/mol. The van der Waals surface area contributed by atoms with Crippen molar-refractivity contribution in [1.29, 1.82) is 0 Å². The van der Waals surface area contributed by atoms with E-state index in [1.165, 1.54) is 0 Å². The van der Waals surface area contributed by atoms with E-state index in [4.69, 9.17) is 14.8 Å². The molecule has 18 heavy (non-hydrogen) atoms. The fourth-order valence-corrected chi connectivity index (χ4v) is 1.28. The number of ether oxygens (including phenoxy) is 1. The molecule has 0 saturated carbocycles. The lowest BCUT2D eigenvalue weighted by molar-refractivity contribution is -0.136. The Morgan fingerprint density at radius 1 is 1.17 bits per heavy atom. The van der Waals surface area contributed by atoms with E-state index in [-0.39, 0.29) is 24.2 Å². The average Bonchev–Trinajstić information content (AvgIpc) is 2.22. The molecule has 0 atom stereocenters. The Hall–Kier alpha value is -1.28. The number of rotatable bonds is 5. The Morgan fingerprint density at radius 3 is 2.39 bits per heavy atom. The van der Waals surface area contributed by atoms with Gasteiger partial charge < -0.3 is 14.8 Å². The monoisotopic (exact) mass is 266 g/mol. The van der Waals surface area contributed by atoms with Gasteiger partial charge in [-0.3, -0.25) is 0 Å². The van der Waals surface area contributed by atoms with Crippen molar-refractivity contribution in [3.63, 3.8) is 0 Å². The molecule has 8 heteroatoms. The molecule has 0 unspecified atom stereocenters. The van der Waals surface area contributed by atoms with E-state index in [0.29, 0.717) is 0 Å². The number of alkyl halides is 3. The fraction of sp³-hybridized carbons (Fsp3) is 0.400. The van der Waals surface area contributed by atoms with Crippen LogP contribution in [-0.2, 0) is 0 Å². The summed E-state index contributed by atoms with van der Waals surface area (Å²) in [6, 6.07) is 3.01. The second kappa shape index (κ2) is 6.06. The van der Waals surface area contributed by atoms with Crippen molar-refractivity contribution in [1.82, 2.24) is 0 Å². The summed E-state index contributed by atoms with van der Waals surface area (Å²) in [5.74, 6) is -0.799. The predicted octanol–water partition coefficient (Wildman–Crippen LogP) is 1.23. The summed E-state index contributed by atoms with van der Waals surface area (Å²) in [5.41, 5.74) is -0.124. The number of benzene rings is 1. The lowest BCUT2D eigenvalue weighted by Crippen LogP contribution is -2.30. The van der Waals surface area contributed by atoms with Gasteiger partial charge in [-0.05, 0) is 24.0 Å². The highest BCUT2D eigenvalue weighted by Crippen LogP contribution is 2.21. The quantitative estimate of drug-likeness (QED) is 0.478. The molecule has 0 radical (unpaired) electrons. The smallest absolute Gasteiger partial charge is 0.488 e. The lowest BCUT2D eigenvalue weighted by atomic mass is 9.80. The van der Waals surface area contributed by atoms with E-state index in [1.807, 2.05) is 0 Å². The Balaban J connectivity index is 2.52. The molecule has 1 aromatic carbocycles. The van der Waals surface area contributed by atoms with Crippen LogP contribution < -0.4 is 10.2 Å². The van der Waals surface area contributed by atoms with Crippen molar-refractivity contribution in [2.45, 2.75) is 19.0 Å². The standard InChI is InChI=1S/C10H11BF4O3/c12-8-4-7(11(16)17)5-9(6-8)18-3-1-2-10(13,14)15/h4-6,16-17H,1-3H2. The Morgan fingerprint density at radius 2 is 1.83 bits per heavy atom. The van der Waals surface area contributed by atoms with Gasteiger partial charge in [-0.2, -0.15) is 13.2 Å². The highest BCUT2D eigenvalue weighted by Gasteiger charge is 2.26. The van der Waals surface area contributed by atoms with Crippen LogP contribution in [0.4, 0.5) is 17.6 Å². The first-order chi connectivity index (χ1) is 8.28. The highest BCUT2D eigenvalue weighted by molar-refractivity contribution is 6.58. The van der Waals surface area contributed by atoms with Crippen LogP contribution in [0.25, 0.3) is 0 Å². The first-order valence-corrected chi connectivity index (χ1v) is 5.14.